The van der Waals surface area contributed by atoms with E-state index in [0.29, 0.717) is 10.7 Å². The first kappa shape index (κ1) is 16.8. The highest BCUT2D eigenvalue weighted by Crippen LogP contribution is 2.32. The number of rotatable bonds is 6. The molecular formula is C14H17ClN6O2. The number of anilines is 4. The van der Waals surface area contributed by atoms with Crippen LogP contribution in [0.25, 0.3) is 0 Å². The van der Waals surface area contributed by atoms with Crippen molar-refractivity contribution in [2.75, 3.05) is 16.4 Å². The van der Waals surface area contributed by atoms with Crippen LogP contribution < -0.4 is 16.4 Å². The lowest BCUT2D eigenvalue weighted by Gasteiger charge is -2.14. The van der Waals surface area contributed by atoms with E-state index in [9.17, 15) is 10.1 Å². The molecule has 9 heteroatoms. The van der Waals surface area contributed by atoms with Crippen LogP contribution in [-0.2, 0) is 0 Å². The molecule has 0 spiro atoms. The van der Waals surface area contributed by atoms with E-state index in [1.165, 1.54) is 0 Å². The van der Waals surface area contributed by atoms with Crippen molar-refractivity contribution in [1.82, 2.24) is 9.97 Å². The lowest BCUT2D eigenvalue weighted by molar-refractivity contribution is -0.383. The van der Waals surface area contributed by atoms with Gasteiger partial charge in [0.05, 0.1) is 4.92 Å². The topological polar surface area (TPSA) is 119 Å². The van der Waals surface area contributed by atoms with Crippen molar-refractivity contribution >= 4 is 40.6 Å². The van der Waals surface area contributed by atoms with Crippen molar-refractivity contribution in [3.63, 3.8) is 0 Å². The first-order valence-corrected chi connectivity index (χ1v) is 7.39. The standard InChI is InChI=1S/C14H17ClN6O2/c1-3-8(2)17-14-19-12(16)11(21(22)23)13(20-14)18-10-6-4-5-9(15)7-10/h4-8H,3H2,1-2H3,(H4,16,17,18,19,20)/t8-/m1/s1. The molecule has 2 aromatic rings. The molecule has 1 heterocycles. The average molecular weight is 337 g/mol. The first-order chi connectivity index (χ1) is 10.9. The van der Waals surface area contributed by atoms with Crippen LogP contribution in [0.3, 0.4) is 0 Å². The molecule has 0 unspecified atom stereocenters. The zero-order valence-electron chi connectivity index (χ0n) is 12.7. The Hall–Kier alpha value is -2.61. The van der Waals surface area contributed by atoms with E-state index < -0.39 is 4.92 Å². The number of nitro groups is 1. The Morgan fingerprint density at radius 3 is 2.78 bits per heavy atom. The maximum absolute atomic E-state index is 11.2. The van der Waals surface area contributed by atoms with Gasteiger partial charge in [-0.2, -0.15) is 9.97 Å². The van der Waals surface area contributed by atoms with Crippen LogP contribution in [0, 0.1) is 10.1 Å². The Bertz CT molecular complexity index is 724. The van der Waals surface area contributed by atoms with Gasteiger partial charge in [-0.3, -0.25) is 10.1 Å². The van der Waals surface area contributed by atoms with Crippen molar-refractivity contribution in [2.45, 2.75) is 26.3 Å². The van der Waals surface area contributed by atoms with Crippen LogP contribution >= 0.6 is 11.6 Å². The number of hydrogen-bond acceptors (Lipinski definition) is 7. The van der Waals surface area contributed by atoms with Crippen LogP contribution in [0.4, 0.5) is 29.0 Å². The van der Waals surface area contributed by atoms with Gasteiger partial charge in [-0.25, -0.2) is 0 Å². The molecule has 0 amide bonds. The Morgan fingerprint density at radius 2 is 2.17 bits per heavy atom. The molecule has 0 radical (unpaired) electrons. The summed E-state index contributed by atoms with van der Waals surface area (Å²) in [5.41, 5.74) is 5.91. The lowest BCUT2D eigenvalue weighted by atomic mass is 10.3. The van der Waals surface area contributed by atoms with E-state index in [2.05, 4.69) is 20.6 Å². The summed E-state index contributed by atoms with van der Waals surface area (Å²) in [6, 6.07) is 6.88. The van der Waals surface area contributed by atoms with E-state index in [-0.39, 0.29) is 29.3 Å². The Morgan fingerprint density at radius 1 is 1.43 bits per heavy atom. The number of aromatic nitrogens is 2. The highest BCUT2D eigenvalue weighted by atomic mass is 35.5. The molecule has 8 nitrogen and oxygen atoms in total. The molecule has 0 aliphatic heterocycles. The van der Waals surface area contributed by atoms with E-state index in [1.54, 1.807) is 24.3 Å². The van der Waals surface area contributed by atoms with E-state index >= 15 is 0 Å². The molecule has 1 aromatic carbocycles. The van der Waals surface area contributed by atoms with Gasteiger partial charge in [0.25, 0.3) is 0 Å². The second-order valence-corrected chi connectivity index (χ2v) is 5.41. The van der Waals surface area contributed by atoms with Crippen molar-refractivity contribution < 1.29 is 4.92 Å². The molecule has 2 rings (SSSR count). The fourth-order valence-electron chi connectivity index (χ4n) is 1.83. The van der Waals surface area contributed by atoms with Crippen LogP contribution in [0.5, 0.6) is 0 Å². The highest BCUT2D eigenvalue weighted by Gasteiger charge is 2.23. The third-order valence-electron chi connectivity index (χ3n) is 3.17. The van der Waals surface area contributed by atoms with Crippen LogP contribution in [-0.4, -0.2) is 20.9 Å². The van der Waals surface area contributed by atoms with Crippen molar-refractivity contribution in [3.05, 3.63) is 39.4 Å². The minimum atomic E-state index is -0.616. The SMILES string of the molecule is CC[C@@H](C)Nc1nc(N)c([N+](=O)[O-])c(Nc2cccc(Cl)c2)n1. The number of nitrogens with two attached hydrogens (primary N) is 1. The fraction of sp³-hybridized carbons (Fsp3) is 0.286. The quantitative estimate of drug-likeness (QED) is 0.544. The summed E-state index contributed by atoms with van der Waals surface area (Å²) in [4.78, 5) is 18.8. The van der Waals surface area contributed by atoms with E-state index in [1.807, 2.05) is 13.8 Å². The third kappa shape index (κ3) is 4.19. The molecule has 0 aliphatic carbocycles. The molecule has 23 heavy (non-hydrogen) atoms. The number of nitrogens with zero attached hydrogens (tertiary/aromatic N) is 3. The molecule has 1 atom stereocenters. The molecule has 122 valence electrons. The van der Waals surface area contributed by atoms with Crippen molar-refractivity contribution in [3.8, 4) is 0 Å². The minimum absolute atomic E-state index is 0.00979. The largest absolute Gasteiger partial charge is 0.378 e. The van der Waals surface area contributed by atoms with Gasteiger partial charge in [0.15, 0.2) is 0 Å². The van der Waals surface area contributed by atoms with E-state index in [4.69, 9.17) is 17.3 Å². The van der Waals surface area contributed by atoms with Crippen LogP contribution in [0.2, 0.25) is 5.02 Å². The monoisotopic (exact) mass is 336 g/mol. The van der Waals surface area contributed by atoms with Gasteiger partial charge in [-0.05, 0) is 31.5 Å². The normalized spacial score (nSPS) is 11.8. The zero-order valence-corrected chi connectivity index (χ0v) is 13.5. The molecule has 4 N–H and O–H groups in total. The van der Waals surface area contributed by atoms with Crippen molar-refractivity contribution in [2.24, 2.45) is 0 Å². The summed E-state index contributed by atoms with van der Waals surface area (Å²) >= 11 is 5.92. The molecule has 1 aromatic heterocycles. The first-order valence-electron chi connectivity index (χ1n) is 7.01. The number of nitrogens with one attached hydrogen (secondary N) is 2. The van der Waals surface area contributed by atoms with Gasteiger partial charge in [-0.1, -0.05) is 24.6 Å². The molecule has 0 fully saturated rings. The third-order valence-corrected chi connectivity index (χ3v) is 3.40. The zero-order chi connectivity index (χ0) is 17.0. The van der Waals surface area contributed by atoms with Crippen LogP contribution in [0.15, 0.2) is 24.3 Å². The van der Waals surface area contributed by atoms with Crippen LogP contribution in [0.1, 0.15) is 20.3 Å². The molecular weight excluding hydrogens is 320 g/mol. The second kappa shape index (κ2) is 7.10. The maximum Gasteiger partial charge on any atom is 0.353 e. The smallest absolute Gasteiger partial charge is 0.353 e. The maximum atomic E-state index is 11.2. The number of halogens is 1. The highest BCUT2D eigenvalue weighted by molar-refractivity contribution is 6.30. The number of benzene rings is 1. The summed E-state index contributed by atoms with van der Waals surface area (Å²) in [6.45, 7) is 3.95. The molecule has 0 bridgehead atoms. The summed E-state index contributed by atoms with van der Waals surface area (Å²) in [5.74, 6) is 0.0304. The van der Waals surface area contributed by atoms with Gasteiger partial charge in [0, 0.05) is 16.8 Å². The van der Waals surface area contributed by atoms with Gasteiger partial charge < -0.3 is 16.4 Å². The van der Waals surface area contributed by atoms with Crippen molar-refractivity contribution in [1.29, 1.82) is 0 Å². The number of hydrogen-bond donors (Lipinski definition) is 3. The summed E-state index contributed by atoms with van der Waals surface area (Å²) in [7, 11) is 0. The number of nitrogen functional groups attached to an aromatic ring is 1. The van der Waals surface area contributed by atoms with Gasteiger partial charge in [0.1, 0.15) is 0 Å². The molecule has 0 saturated heterocycles. The Labute approximate surface area is 138 Å². The predicted molar refractivity (Wildman–Crippen MR) is 91.2 cm³/mol. The molecule has 0 aliphatic rings. The van der Waals surface area contributed by atoms with Gasteiger partial charge in [0.2, 0.25) is 17.6 Å². The summed E-state index contributed by atoms with van der Waals surface area (Å²) in [6.07, 6.45) is 0.845. The summed E-state index contributed by atoms with van der Waals surface area (Å²) < 4.78 is 0. The van der Waals surface area contributed by atoms with Gasteiger partial charge >= 0.3 is 5.69 Å². The summed E-state index contributed by atoms with van der Waals surface area (Å²) in [5, 5.41) is 17.7. The Balaban J connectivity index is 2.43. The molecule has 0 saturated carbocycles. The lowest BCUT2D eigenvalue weighted by Crippen LogP contribution is -2.17. The Kier molecular flexibility index (Phi) is 5.17. The minimum Gasteiger partial charge on any atom is -0.378 e. The van der Waals surface area contributed by atoms with E-state index in [0.717, 1.165) is 6.42 Å². The fourth-order valence-corrected chi connectivity index (χ4v) is 2.02. The second-order valence-electron chi connectivity index (χ2n) is 4.98. The van der Waals surface area contributed by atoms with Gasteiger partial charge in [-0.15, -0.1) is 0 Å². The predicted octanol–water partition coefficient (Wildman–Crippen LogP) is 3.57. The average Bonchev–Trinajstić information content (AvgIpc) is 2.46.